The summed E-state index contributed by atoms with van der Waals surface area (Å²) >= 11 is 0. The van der Waals surface area contributed by atoms with Crippen LogP contribution in [0.15, 0.2) is 0 Å². The Labute approximate surface area is 112 Å². The fourth-order valence-electron chi connectivity index (χ4n) is 2.70. The summed E-state index contributed by atoms with van der Waals surface area (Å²) in [7, 11) is 0. The summed E-state index contributed by atoms with van der Waals surface area (Å²) in [6.45, 7) is 7.48. The number of rotatable bonds is 11. The van der Waals surface area contributed by atoms with Gasteiger partial charge in [0, 0.05) is 25.6 Å². The van der Waals surface area contributed by atoms with E-state index in [1.807, 2.05) is 13.8 Å². The monoisotopic (exact) mass is 258 g/mol. The average molecular weight is 258 g/mol. The molecule has 2 atom stereocenters. The van der Waals surface area contributed by atoms with Gasteiger partial charge < -0.3 is 14.6 Å². The van der Waals surface area contributed by atoms with Crippen molar-refractivity contribution < 1.29 is 14.6 Å². The minimum atomic E-state index is -0.466. The van der Waals surface area contributed by atoms with Crippen molar-refractivity contribution in [2.75, 3.05) is 13.2 Å². The van der Waals surface area contributed by atoms with Crippen LogP contribution in [-0.2, 0) is 9.47 Å². The molecule has 0 aliphatic heterocycles. The molecule has 0 heterocycles. The molecular weight excluding hydrogens is 228 g/mol. The molecule has 1 N–H and O–H groups in total. The zero-order valence-electron chi connectivity index (χ0n) is 12.3. The SMILES string of the molecule is CCCCCCCC(O)C1CC1(OCC)OCC. The molecule has 1 saturated carbocycles. The third kappa shape index (κ3) is 4.52. The quantitative estimate of drug-likeness (QED) is 0.455. The van der Waals surface area contributed by atoms with Gasteiger partial charge in [0.1, 0.15) is 0 Å². The van der Waals surface area contributed by atoms with Crippen molar-refractivity contribution in [3.63, 3.8) is 0 Å². The lowest BCUT2D eigenvalue weighted by Gasteiger charge is -2.20. The maximum absolute atomic E-state index is 10.2. The predicted molar refractivity (Wildman–Crippen MR) is 73.5 cm³/mol. The molecule has 108 valence electrons. The zero-order valence-corrected chi connectivity index (χ0v) is 12.3. The Kier molecular flexibility index (Phi) is 7.20. The van der Waals surface area contributed by atoms with Crippen LogP contribution in [0.2, 0.25) is 0 Å². The second-order valence-electron chi connectivity index (χ2n) is 5.26. The van der Waals surface area contributed by atoms with Gasteiger partial charge in [0.2, 0.25) is 0 Å². The fourth-order valence-corrected chi connectivity index (χ4v) is 2.70. The fraction of sp³-hybridized carbons (Fsp3) is 1.00. The molecule has 3 heteroatoms. The third-order valence-electron chi connectivity index (χ3n) is 3.75. The predicted octanol–water partition coefficient (Wildman–Crippen LogP) is 3.50. The van der Waals surface area contributed by atoms with Gasteiger partial charge in [0.05, 0.1) is 6.10 Å². The molecule has 1 aliphatic rings. The van der Waals surface area contributed by atoms with Crippen molar-refractivity contribution in [3.05, 3.63) is 0 Å². The summed E-state index contributed by atoms with van der Waals surface area (Å²) in [5.74, 6) is -0.282. The standard InChI is InChI=1S/C15H30O3/c1-4-7-8-9-10-11-14(16)13-12-15(13,17-5-2)18-6-3/h13-14,16H,4-12H2,1-3H3. The van der Waals surface area contributed by atoms with Crippen LogP contribution in [0, 0.1) is 5.92 Å². The summed E-state index contributed by atoms with van der Waals surface area (Å²) in [5, 5.41) is 10.2. The Morgan fingerprint density at radius 2 is 1.67 bits per heavy atom. The van der Waals surface area contributed by atoms with Crippen LogP contribution in [0.5, 0.6) is 0 Å². The van der Waals surface area contributed by atoms with E-state index in [-0.39, 0.29) is 12.0 Å². The van der Waals surface area contributed by atoms with E-state index in [4.69, 9.17) is 9.47 Å². The molecule has 1 aliphatic carbocycles. The first kappa shape index (κ1) is 15.9. The van der Waals surface area contributed by atoms with Gasteiger partial charge in [0.25, 0.3) is 0 Å². The zero-order chi connectivity index (χ0) is 13.4. The molecule has 0 radical (unpaired) electrons. The molecule has 3 nitrogen and oxygen atoms in total. The number of unbranched alkanes of at least 4 members (excludes halogenated alkanes) is 4. The maximum atomic E-state index is 10.2. The Bertz CT molecular complexity index is 212. The summed E-state index contributed by atoms with van der Waals surface area (Å²) in [5.41, 5.74) is 0. The van der Waals surface area contributed by atoms with Crippen LogP contribution in [0.25, 0.3) is 0 Å². The Morgan fingerprint density at radius 1 is 1.06 bits per heavy atom. The highest BCUT2D eigenvalue weighted by Crippen LogP contribution is 2.50. The highest BCUT2D eigenvalue weighted by Gasteiger charge is 2.59. The lowest BCUT2D eigenvalue weighted by atomic mass is 10.1. The normalized spacial score (nSPS) is 23.0. The van der Waals surface area contributed by atoms with Gasteiger partial charge in [-0.2, -0.15) is 0 Å². The second-order valence-corrected chi connectivity index (χ2v) is 5.26. The van der Waals surface area contributed by atoms with Gasteiger partial charge >= 0.3 is 0 Å². The van der Waals surface area contributed by atoms with Crippen molar-refractivity contribution >= 4 is 0 Å². The molecule has 0 bridgehead atoms. The molecule has 0 amide bonds. The van der Waals surface area contributed by atoms with Crippen LogP contribution in [0.3, 0.4) is 0 Å². The number of ether oxygens (including phenoxy) is 2. The van der Waals surface area contributed by atoms with Gasteiger partial charge in [-0.3, -0.25) is 0 Å². The van der Waals surface area contributed by atoms with Gasteiger partial charge in [0.15, 0.2) is 5.79 Å². The second kappa shape index (κ2) is 8.13. The van der Waals surface area contributed by atoms with Crippen molar-refractivity contribution in [1.82, 2.24) is 0 Å². The van der Waals surface area contributed by atoms with Crippen LogP contribution < -0.4 is 0 Å². The number of hydrogen-bond acceptors (Lipinski definition) is 3. The minimum absolute atomic E-state index is 0.184. The summed E-state index contributed by atoms with van der Waals surface area (Å²) in [6.07, 6.45) is 7.69. The molecule has 2 unspecified atom stereocenters. The lowest BCUT2D eigenvalue weighted by molar-refractivity contribution is -0.179. The minimum Gasteiger partial charge on any atom is -0.393 e. The first-order valence-corrected chi connectivity index (χ1v) is 7.66. The van der Waals surface area contributed by atoms with Crippen LogP contribution in [0.1, 0.15) is 65.7 Å². The molecule has 0 aromatic heterocycles. The van der Waals surface area contributed by atoms with Gasteiger partial charge in [-0.25, -0.2) is 0 Å². The van der Waals surface area contributed by atoms with E-state index in [2.05, 4.69) is 6.92 Å². The van der Waals surface area contributed by atoms with Crippen LogP contribution >= 0.6 is 0 Å². The van der Waals surface area contributed by atoms with Crippen molar-refractivity contribution in [3.8, 4) is 0 Å². The maximum Gasteiger partial charge on any atom is 0.174 e. The first-order chi connectivity index (χ1) is 8.70. The molecule has 1 fully saturated rings. The van der Waals surface area contributed by atoms with E-state index < -0.39 is 5.79 Å². The van der Waals surface area contributed by atoms with E-state index in [9.17, 15) is 5.11 Å². The molecular formula is C15H30O3. The Morgan fingerprint density at radius 3 is 2.22 bits per heavy atom. The number of aliphatic hydroxyl groups is 1. The van der Waals surface area contributed by atoms with Gasteiger partial charge in [-0.15, -0.1) is 0 Å². The number of hydrogen-bond donors (Lipinski definition) is 1. The molecule has 0 aromatic rings. The van der Waals surface area contributed by atoms with E-state index in [0.29, 0.717) is 13.2 Å². The Balaban J connectivity index is 2.20. The smallest absolute Gasteiger partial charge is 0.174 e. The highest BCUT2D eigenvalue weighted by atomic mass is 16.7. The molecule has 18 heavy (non-hydrogen) atoms. The van der Waals surface area contributed by atoms with Gasteiger partial charge in [-0.05, 0) is 20.3 Å². The summed E-state index contributed by atoms with van der Waals surface area (Å²) in [4.78, 5) is 0. The first-order valence-electron chi connectivity index (χ1n) is 7.66. The summed E-state index contributed by atoms with van der Waals surface area (Å²) < 4.78 is 11.4. The van der Waals surface area contributed by atoms with Crippen molar-refractivity contribution in [2.45, 2.75) is 77.6 Å². The largest absolute Gasteiger partial charge is 0.393 e. The third-order valence-corrected chi connectivity index (χ3v) is 3.75. The van der Waals surface area contributed by atoms with Crippen molar-refractivity contribution in [2.24, 2.45) is 5.92 Å². The van der Waals surface area contributed by atoms with Crippen LogP contribution in [-0.4, -0.2) is 30.2 Å². The van der Waals surface area contributed by atoms with E-state index in [1.165, 1.54) is 25.7 Å². The molecule has 0 aromatic carbocycles. The average Bonchev–Trinajstić information content (AvgIpc) is 3.04. The van der Waals surface area contributed by atoms with Crippen molar-refractivity contribution in [1.29, 1.82) is 0 Å². The van der Waals surface area contributed by atoms with E-state index >= 15 is 0 Å². The lowest BCUT2D eigenvalue weighted by Crippen LogP contribution is -2.27. The Hall–Kier alpha value is -0.120. The van der Waals surface area contributed by atoms with Crippen LogP contribution in [0.4, 0.5) is 0 Å². The topological polar surface area (TPSA) is 38.7 Å². The highest BCUT2D eigenvalue weighted by molar-refractivity contribution is 5.01. The van der Waals surface area contributed by atoms with E-state index in [0.717, 1.165) is 19.3 Å². The number of aliphatic hydroxyl groups excluding tert-OH is 1. The molecule has 0 spiro atoms. The van der Waals surface area contributed by atoms with E-state index in [1.54, 1.807) is 0 Å². The summed E-state index contributed by atoms with van der Waals surface area (Å²) in [6, 6.07) is 0. The molecule has 1 rings (SSSR count). The molecule has 0 saturated heterocycles. The van der Waals surface area contributed by atoms with Gasteiger partial charge in [-0.1, -0.05) is 39.0 Å².